The van der Waals surface area contributed by atoms with Crippen molar-refractivity contribution >= 4 is 11.7 Å². The molecule has 138 valence electrons. The molecule has 1 amide bonds. The van der Waals surface area contributed by atoms with Crippen LogP contribution in [0.1, 0.15) is 5.56 Å². The predicted octanol–water partition coefficient (Wildman–Crippen LogP) is 3.57. The van der Waals surface area contributed by atoms with Crippen molar-refractivity contribution in [2.45, 2.75) is 12.7 Å². The van der Waals surface area contributed by atoms with Gasteiger partial charge in [0.05, 0.1) is 0 Å². The van der Waals surface area contributed by atoms with E-state index in [1.54, 1.807) is 18.3 Å². The lowest BCUT2D eigenvalue weighted by molar-refractivity contribution is -0.139. The fourth-order valence-corrected chi connectivity index (χ4v) is 2.48. The minimum absolute atomic E-state index is 0.236. The molecule has 0 radical (unpaired) electrons. The van der Waals surface area contributed by atoms with Gasteiger partial charge in [-0.05, 0) is 29.8 Å². The second-order valence-electron chi connectivity index (χ2n) is 5.70. The number of alkyl halides is 3. The minimum atomic E-state index is -4.77. The van der Waals surface area contributed by atoms with Gasteiger partial charge in [-0.1, -0.05) is 30.3 Å². The highest BCUT2D eigenvalue weighted by Gasteiger charge is 2.34. The Morgan fingerprint density at radius 2 is 1.74 bits per heavy atom. The molecule has 3 rings (SSSR count). The second-order valence-corrected chi connectivity index (χ2v) is 5.70. The number of benzene rings is 1. The average molecular weight is 373 g/mol. The van der Waals surface area contributed by atoms with E-state index in [4.69, 9.17) is 0 Å². The third kappa shape index (κ3) is 4.41. The normalized spacial score (nSPS) is 11.2. The SMILES string of the molecule is O=C(Cn1cccc(C(F)(F)F)c1=O)Nc1ccc(-c2ccccc2)cn1. The van der Waals surface area contributed by atoms with Crippen LogP contribution in [0.15, 0.2) is 71.8 Å². The van der Waals surface area contributed by atoms with E-state index in [1.165, 1.54) is 0 Å². The molecule has 0 saturated heterocycles. The average Bonchev–Trinajstić information content (AvgIpc) is 2.64. The summed E-state index contributed by atoms with van der Waals surface area (Å²) in [6.45, 7) is -0.551. The van der Waals surface area contributed by atoms with Crippen molar-refractivity contribution in [2.75, 3.05) is 5.32 Å². The number of rotatable bonds is 4. The summed E-state index contributed by atoms with van der Waals surface area (Å²) in [5.74, 6) is -0.420. The molecule has 0 unspecified atom stereocenters. The number of aromatic nitrogens is 2. The maximum absolute atomic E-state index is 12.8. The summed E-state index contributed by atoms with van der Waals surface area (Å²) in [5, 5.41) is 2.46. The van der Waals surface area contributed by atoms with Crippen LogP contribution in [-0.4, -0.2) is 15.5 Å². The number of pyridine rings is 2. The standard InChI is InChI=1S/C19H14F3N3O2/c20-19(21,22)15-7-4-10-25(18(15)27)12-17(26)24-16-9-8-14(11-23-16)13-5-2-1-3-6-13/h1-11H,12H2,(H,23,24,26). The van der Waals surface area contributed by atoms with E-state index >= 15 is 0 Å². The lowest BCUT2D eigenvalue weighted by Crippen LogP contribution is -2.32. The topological polar surface area (TPSA) is 64.0 Å². The predicted molar refractivity (Wildman–Crippen MR) is 94.0 cm³/mol. The van der Waals surface area contributed by atoms with E-state index < -0.39 is 29.8 Å². The summed E-state index contributed by atoms with van der Waals surface area (Å²) < 4.78 is 39.0. The first-order valence-electron chi connectivity index (χ1n) is 7.92. The van der Waals surface area contributed by atoms with Crippen LogP contribution in [0.25, 0.3) is 11.1 Å². The molecule has 2 aromatic heterocycles. The molecule has 8 heteroatoms. The summed E-state index contributed by atoms with van der Waals surface area (Å²) >= 11 is 0. The van der Waals surface area contributed by atoms with Crippen molar-refractivity contribution in [2.24, 2.45) is 0 Å². The van der Waals surface area contributed by atoms with E-state index in [2.05, 4.69) is 10.3 Å². The molecule has 0 aliphatic heterocycles. The molecule has 0 aliphatic rings. The first kappa shape index (κ1) is 18.4. The number of carbonyl (C=O) groups excluding carboxylic acids is 1. The number of nitrogens with one attached hydrogen (secondary N) is 1. The molecule has 27 heavy (non-hydrogen) atoms. The third-order valence-corrected chi connectivity index (χ3v) is 3.78. The quantitative estimate of drug-likeness (QED) is 0.761. The summed E-state index contributed by atoms with van der Waals surface area (Å²) in [6.07, 6.45) is -2.07. The van der Waals surface area contributed by atoms with Crippen molar-refractivity contribution in [3.63, 3.8) is 0 Å². The highest BCUT2D eigenvalue weighted by molar-refractivity contribution is 5.89. The van der Waals surface area contributed by atoms with Gasteiger partial charge in [0.15, 0.2) is 0 Å². The fourth-order valence-electron chi connectivity index (χ4n) is 2.48. The first-order chi connectivity index (χ1) is 12.8. The van der Waals surface area contributed by atoms with Crippen LogP contribution in [0, 0.1) is 0 Å². The Morgan fingerprint density at radius 3 is 2.37 bits per heavy atom. The van der Waals surface area contributed by atoms with E-state index in [9.17, 15) is 22.8 Å². The molecular weight excluding hydrogens is 359 g/mol. The molecule has 0 bridgehead atoms. The lowest BCUT2D eigenvalue weighted by Gasteiger charge is -2.10. The largest absolute Gasteiger partial charge is 0.421 e. The van der Waals surface area contributed by atoms with Crippen molar-refractivity contribution < 1.29 is 18.0 Å². The number of hydrogen-bond acceptors (Lipinski definition) is 3. The maximum Gasteiger partial charge on any atom is 0.421 e. The van der Waals surface area contributed by atoms with Crippen LogP contribution in [0.3, 0.4) is 0 Å². The molecule has 5 nitrogen and oxygen atoms in total. The van der Waals surface area contributed by atoms with E-state index in [1.807, 2.05) is 30.3 Å². The van der Waals surface area contributed by atoms with Crippen LogP contribution in [0.5, 0.6) is 0 Å². The Labute approximate surface area is 152 Å². The first-order valence-corrected chi connectivity index (χ1v) is 7.92. The summed E-state index contributed by atoms with van der Waals surface area (Å²) in [6, 6.07) is 14.6. The van der Waals surface area contributed by atoms with Gasteiger partial charge in [0.1, 0.15) is 17.9 Å². The monoisotopic (exact) mass is 373 g/mol. The van der Waals surface area contributed by atoms with Crippen molar-refractivity contribution in [3.8, 4) is 11.1 Å². The van der Waals surface area contributed by atoms with Crippen molar-refractivity contribution in [1.82, 2.24) is 9.55 Å². The van der Waals surface area contributed by atoms with Gasteiger partial charge in [0.25, 0.3) is 5.56 Å². The summed E-state index contributed by atoms with van der Waals surface area (Å²) in [7, 11) is 0. The fraction of sp³-hybridized carbons (Fsp3) is 0.105. The molecule has 1 aromatic carbocycles. The Bertz CT molecular complexity index is 997. The number of carbonyl (C=O) groups is 1. The number of nitrogens with zero attached hydrogens (tertiary/aromatic N) is 2. The zero-order valence-electron chi connectivity index (χ0n) is 13.9. The highest BCUT2D eigenvalue weighted by atomic mass is 19.4. The summed E-state index contributed by atoms with van der Waals surface area (Å²) in [4.78, 5) is 28.0. The lowest BCUT2D eigenvalue weighted by atomic mass is 10.1. The Hall–Kier alpha value is -3.42. The highest BCUT2D eigenvalue weighted by Crippen LogP contribution is 2.26. The molecule has 1 N–H and O–H groups in total. The molecule has 0 fully saturated rings. The molecule has 0 aliphatic carbocycles. The van der Waals surface area contributed by atoms with Gasteiger partial charge in [-0.15, -0.1) is 0 Å². The number of hydrogen-bond donors (Lipinski definition) is 1. The van der Waals surface area contributed by atoms with Crippen LogP contribution >= 0.6 is 0 Å². The zero-order valence-corrected chi connectivity index (χ0v) is 13.9. The maximum atomic E-state index is 12.8. The Balaban J connectivity index is 1.71. The Morgan fingerprint density at radius 1 is 1.00 bits per heavy atom. The molecule has 3 aromatic rings. The van der Waals surface area contributed by atoms with Crippen LogP contribution in [-0.2, 0) is 17.5 Å². The summed E-state index contributed by atoms with van der Waals surface area (Å²) in [5.41, 5.74) is -0.781. The van der Waals surface area contributed by atoms with Gasteiger partial charge >= 0.3 is 6.18 Å². The van der Waals surface area contributed by atoms with Gasteiger partial charge in [0, 0.05) is 18.0 Å². The third-order valence-electron chi connectivity index (χ3n) is 3.78. The van der Waals surface area contributed by atoms with E-state index in [0.29, 0.717) is 10.6 Å². The molecule has 2 heterocycles. The number of halogens is 3. The van der Waals surface area contributed by atoms with Gasteiger partial charge < -0.3 is 9.88 Å². The van der Waals surface area contributed by atoms with Gasteiger partial charge in [-0.2, -0.15) is 13.2 Å². The van der Waals surface area contributed by atoms with E-state index in [0.717, 1.165) is 23.4 Å². The van der Waals surface area contributed by atoms with Gasteiger partial charge in [0.2, 0.25) is 5.91 Å². The second kappa shape index (κ2) is 7.45. The van der Waals surface area contributed by atoms with Crippen molar-refractivity contribution in [3.05, 3.63) is 82.9 Å². The van der Waals surface area contributed by atoms with Gasteiger partial charge in [-0.25, -0.2) is 4.98 Å². The van der Waals surface area contributed by atoms with Gasteiger partial charge in [-0.3, -0.25) is 9.59 Å². The molecular formula is C19H14F3N3O2. The minimum Gasteiger partial charge on any atom is -0.309 e. The van der Waals surface area contributed by atoms with Crippen LogP contribution < -0.4 is 10.9 Å². The molecule has 0 atom stereocenters. The van der Waals surface area contributed by atoms with Crippen LogP contribution in [0.2, 0.25) is 0 Å². The number of anilines is 1. The smallest absolute Gasteiger partial charge is 0.309 e. The zero-order chi connectivity index (χ0) is 19.4. The molecule has 0 saturated carbocycles. The molecule has 0 spiro atoms. The van der Waals surface area contributed by atoms with Crippen molar-refractivity contribution in [1.29, 1.82) is 0 Å². The van der Waals surface area contributed by atoms with Crippen LogP contribution in [0.4, 0.5) is 19.0 Å². The number of amides is 1. The Kier molecular flexibility index (Phi) is 5.07. The van der Waals surface area contributed by atoms with E-state index in [-0.39, 0.29) is 5.82 Å².